The first-order valence-corrected chi connectivity index (χ1v) is 10.1. The SMILES string of the molecule is Cc1nc(COc2ccccc2/C=C/C(=O)NC(C)c2ccccc2C)cs1. The normalized spacial score (nSPS) is 12.1. The van der Waals surface area contributed by atoms with E-state index >= 15 is 0 Å². The minimum atomic E-state index is -0.138. The molecule has 1 aromatic heterocycles. The number of para-hydroxylation sites is 1. The molecular weight excluding hydrogens is 368 g/mol. The molecule has 0 spiro atoms. The monoisotopic (exact) mass is 392 g/mol. The standard InChI is InChI=1S/C23H24N2O2S/c1-16-8-4-6-10-21(16)17(2)24-23(26)13-12-19-9-5-7-11-22(19)27-14-20-15-28-18(3)25-20/h4-13,15,17H,14H2,1-3H3,(H,24,26)/b13-12+. The van der Waals surface area contributed by atoms with Gasteiger partial charge in [-0.1, -0.05) is 42.5 Å². The fourth-order valence-corrected chi connectivity index (χ4v) is 3.55. The lowest BCUT2D eigenvalue weighted by Gasteiger charge is -2.15. The zero-order valence-electron chi connectivity index (χ0n) is 16.3. The van der Waals surface area contributed by atoms with Crippen molar-refractivity contribution in [3.05, 3.63) is 87.4 Å². The van der Waals surface area contributed by atoms with Crippen LogP contribution in [0.5, 0.6) is 5.75 Å². The Morgan fingerprint density at radius 2 is 1.93 bits per heavy atom. The zero-order chi connectivity index (χ0) is 19.9. The minimum absolute atomic E-state index is 0.0576. The average molecular weight is 393 g/mol. The van der Waals surface area contributed by atoms with E-state index in [0.29, 0.717) is 6.61 Å². The Labute approximate surface area is 169 Å². The highest BCUT2D eigenvalue weighted by molar-refractivity contribution is 7.09. The smallest absolute Gasteiger partial charge is 0.244 e. The number of nitrogens with zero attached hydrogens (tertiary/aromatic N) is 1. The van der Waals surface area contributed by atoms with E-state index in [9.17, 15) is 4.79 Å². The zero-order valence-corrected chi connectivity index (χ0v) is 17.1. The van der Waals surface area contributed by atoms with E-state index in [1.807, 2.05) is 74.7 Å². The average Bonchev–Trinajstić information content (AvgIpc) is 3.11. The molecule has 0 aliphatic heterocycles. The minimum Gasteiger partial charge on any atom is -0.487 e. The molecule has 2 aromatic carbocycles. The van der Waals surface area contributed by atoms with E-state index in [1.165, 1.54) is 0 Å². The summed E-state index contributed by atoms with van der Waals surface area (Å²) in [4.78, 5) is 16.8. The summed E-state index contributed by atoms with van der Waals surface area (Å²) in [6.45, 7) is 6.42. The number of thiazole rings is 1. The third-order valence-electron chi connectivity index (χ3n) is 4.39. The molecule has 1 N–H and O–H groups in total. The molecule has 0 saturated heterocycles. The van der Waals surface area contributed by atoms with Crippen molar-refractivity contribution in [2.24, 2.45) is 0 Å². The van der Waals surface area contributed by atoms with E-state index in [2.05, 4.69) is 10.3 Å². The Hall–Kier alpha value is -2.92. The van der Waals surface area contributed by atoms with Gasteiger partial charge in [-0.15, -0.1) is 11.3 Å². The Morgan fingerprint density at radius 1 is 1.18 bits per heavy atom. The van der Waals surface area contributed by atoms with E-state index < -0.39 is 0 Å². The maximum absolute atomic E-state index is 12.4. The third-order valence-corrected chi connectivity index (χ3v) is 5.21. The molecule has 3 aromatic rings. The summed E-state index contributed by atoms with van der Waals surface area (Å²) >= 11 is 1.60. The van der Waals surface area contributed by atoms with Gasteiger partial charge in [-0.25, -0.2) is 4.98 Å². The van der Waals surface area contributed by atoms with Crippen LogP contribution in [0.25, 0.3) is 6.08 Å². The van der Waals surface area contributed by atoms with Crippen molar-refractivity contribution < 1.29 is 9.53 Å². The molecule has 0 saturated carbocycles. The molecule has 0 radical (unpaired) electrons. The maximum atomic E-state index is 12.4. The van der Waals surface area contributed by atoms with E-state index in [0.717, 1.165) is 33.1 Å². The molecule has 4 nitrogen and oxygen atoms in total. The van der Waals surface area contributed by atoms with Gasteiger partial charge in [-0.2, -0.15) is 0 Å². The van der Waals surface area contributed by atoms with Gasteiger partial charge in [0, 0.05) is 17.0 Å². The van der Waals surface area contributed by atoms with Crippen LogP contribution in [-0.2, 0) is 11.4 Å². The lowest BCUT2D eigenvalue weighted by atomic mass is 10.0. The Bertz CT molecular complexity index is 978. The lowest BCUT2D eigenvalue weighted by molar-refractivity contribution is -0.117. The number of carbonyl (C=O) groups excluding carboxylic acids is 1. The quantitative estimate of drug-likeness (QED) is 0.560. The number of ether oxygens (including phenoxy) is 1. The summed E-state index contributed by atoms with van der Waals surface area (Å²) in [5.74, 6) is 0.588. The first-order valence-electron chi connectivity index (χ1n) is 9.20. The molecule has 5 heteroatoms. The number of amides is 1. The van der Waals surface area contributed by atoms with Crippen molar-refractivity contribution in [2.75, 3.05) is 0 Å². The number of aromatic nitrogens is 1. The third kappa shape index (κ3) is 5.30. The summed E-state index contributed by atoms with van der Waals surface area (Å²) in [6, 6.07) is 15.7. The molecule has 1 amide bonds. The number of hydrogen-bond donors (Lipinski definition) is 1. The van der Waals surface area contributed by atoms with Crippen LogP contribution in [0.2, 0.25) is 0 Å². The summed E-state index contributed by atoms with van der Waals surface area (Å²) in [5, 5.41) is 6.03. The van der Waals surface area contributed by atoms with E-state index in [4.69, 9.17) is 4.74 Å². The molecule has 144 valence electrons. The van der Waals surface area contributed by atoms with Crippen LogP contribution >= 0.6 is 11.3 Å². The molecule has 28 heavy (non-hydrogen) atoms. The fraction of sp³-hybridized carbons (Fsp3) is 0.217. The van der Waals surface area contributed by atoms with Gasteiger partial charge in [0.15, 0.2) is 0 Å². The molecule has 0 aliphatic carbocycles. The lowest BCUT2D eigenvalue weighted by Crippen LogP contribution is -2.25. The van der Waals surface area contributed by atoms with Crippen LogP contribution in [0.4, 0.5) is 0 Å². The topological polar surface area (TPSA) is 51.2 Å². The van der Waals surface area contributed by atoms with Gasteiger partial charge in [-0.05, 0) is 44.0 Å². The highest BCUT2D eigenvalue weighted by Crippen LogP contribution is 2.21. The van der Waals surface area contributed by atoms with E-state index in [1.54, 1.807) is 23.5 Å². The predicted molar refractivity (Wildman–Crippen MR) is 114 cm³/mol. The van der Waals surface area contributed by atoms with Crippen LogP contribution in [0.15, 0.2) is 60.0 Å². The van der Waals surface area contributed by atoms with Gasteiger partial charge < -0.3 is 10.1 Å². The Balaban J connectivity index is 1.63. The summed E-state index contributed by atoms with van der Waals surface area (Å²) in [6.07, 6.45) is 3.32. The number of rotatable bonds is 7. The molecule has 0 aliphatic rings. The first-order chi connectivity index (χ1) is 13.5. The number of benzene rings is 2. The number of aryl methyl sites for hydroxylation is 2. The first kappa shape index (κ1) is 19.8. The van der Waals surface area contributed by atoms with Crippen molar-refractivity contribution in [1.29, 1.82) is 0 Å². The van der Waals surface area contributed by atoms with Crippen LogP contribution in [0, 0.1) is 13.8 Å². The number of carbonyl (C=O) groups is 1. The molecular formula is C23H24N2O2S. The van der Waals surface area contributed by atoms with Crippen molar-refractivity contribution in [1.82, 2.24) is 10.3 Å². The van der Waals surface area contributed by atoms with Gasteiger partial charge in [-0.3, -0.25) is 4.79 Å². The molecule has 0 fully saturated rings. The van der Waals surface area contributed by atoms with Crippen LogP contribution in [0.3, 0.4) is 0 Å². The van der Waals surface area contributed by atoms with Crippen LogP contribution in [-0.4, -0.2) is 10.9 Å². The largest absolute Gasteiger partial charge is 0.487 e. The number of hydrogen-bond acceptors (Lipinski definition) is 4. The Morgan fingerprint density at radius 3 is 2.68 bits per heavy atom. The van der Waals surface area contributed by atoms with Crippen molar-refractivity contribution in [3.63, 3.8) is 0 Å². The van der Waals surface area contributed by atoms with Crippen LogP contribution < -0.4 is 10.1 Å². The summed E-state index contributed by atoms with van der Waals surface area (Å²) in [5.41, 5.74) is 4.04. The highest BCUT2D eigenvalue weighted by Gasteiger charge is 2.10. The van der Waals surface area contributed by atoms with Crippen LogP contribution in [0.1, 0.15) is 40.4 Å². The maximum Gasteiger partial charge on any atom is 0.244 e. The van der Waals surface area contributed by atoms with E-state index in [-0.39, 0.29) is 11.9 Å². The predicted octanol–water partition coefficient (Wildman–Crippen LogP) is 5.23. The van der Waals surface area contributed by atoms with Gasteiger partial charge in [0.2, 0.25) is 5.91 Å². The summed E-state index contributed by atoms with van der Waals surface area (Å²) < 4.78 is 5.90. The molecule has 1 heterocycles. The molecule has 1 atom stereocenters. The van der Waals surface area contributed by atoms with Crippen molar-refractivity contribution in [3.8, 4) is 5.75 Å². The van der Waals surface area contributed by atoms with Gasteiger partial charge in [0.1, 0.15) is 12.4 Å². The molecule has 1 unspecified atom stereocenters. The molecule has 3 rings (SSSR count). The fourth-order valence-electron chi connectivity index (χ4n) is 2.95. The van der Waals surface area contributed by atoms with Gasteiger partial charge >= 0.3 is 0 Å². The second kappa shape index (κ2) is 9.33. The highest BCUT2D eigenvalue weighted by atomic mass is 32.1. The van der Waals surface area contributed by atoms with Gasteiger partial charge in [0.05, 0.1) is 16.7 Å². The number of nitrogens with one attached hydrogen (secondary N) is 1. The molecule has 0 bridgehead atoms. The summed E-state index contributed by atoms with van der Waals surface area (Å²) in [7, 11) is 0. The van der Waals surface area contributed by atoms with Gasteiger partial charge in [0.25, 0.3) is 0 Å². The second-order valence-corrected chi connectivity index (χ2v) is 7.67. The Kier molecular flexibility index (Phi) is 6.61. The van der Waals surface area contributed by atoms with Crippen molar-refractivity contribution in [2.45, 2.75) is 33.4 Å². The second-order valence-electron chi connectivity index (χ2n) is 6.60. The van der Waals surface area contributed by atoms with Crippen molar-refractivity contribution >= 4 is 23.3 Å².